The second-order valence-electron chi connectivity index (χ2n) is 5.70. The lowest BCUT2D eigenvalue weighted by molar-refractivity contribution is -0.137. The second kappa shape index (κ2) is 7.22. The van der Waals surface area contributed by atoms with Crippen molar-refractivity contribution >= 4 is 18.0 Å². The number of nitriles is 2. The molecule has 0 radical (unpaired) electrons. The molecule has 0 atom stereocenters. The SMILES string of the molecule is CN(C(=O)N(CC#N)C(C)(C)C=O)c1ccc(C#N)c(C(F)(F)F)c1. The molecule has 0 bridgehead atoms. The van der Waals surface area contributed by atoms with Crippen molar-refractivity contribution < 1.29 is 22.8 Å². The maximum atomic E-state index is 13.0. The summed E-state index contributed by atoms with van der Waals surface area (Å²) in [4.78, 5) is 25.5. The van der Waals surface area contributed by atoms with Gasteiger partial charge in [0.15, 0.2) is 0 Å². The summed E-state index contributed by atoms with van der Waals surface area (Å²) in [7, 11) is 1.22. The number of amides is 2. The van der Waals surface area contributed by atoms with Gasteiger partial charge in [0.1, 0.15) is 12.8 Å². The molecule has 0 fully saturated rings. The number of hydrogen-bond donors (Lipinski definition) is 0. The van der Waals surface area contributed by atoms with Gasteiger partial charge in [-0.3, -0.25) is 9.80 Å². The highest BCUT2D eigenvalue weighted by atomic mass is 19.4. The number of carbonyl (C=O) groups is 2. The summed E-state index contributed by atoms with van der Waals surface area (Å²) in [5.74, 6) is 0. The molecular weight excluding hydrogens is 337 g/mol. The van der Waals surface area contributed by atoms with E-state index in [1.165, 1.54) is 33.0 Å². The fraction of sp³-hybridized carbons (Fsp3) is 0.375. The lowest BCUT2D eigenvalue weighted by Crippen LogP contribution is -2.53. The van der Waals surface area contributed by atoms with E-state index in [2.05, 4.69) is 0 Å². The zero-order valence-electron chi connectivity index (χ0n) is 13.8. The second-order valence-corrected chi connectivity index (χ2v) is 5.70. The number of urea groups is 1. The van der Waals surface area contributed by atoms with Crippen molar-refractivity contribution in [2.45, 2.75) is 25.6 Å². The van der Waals surface area contributed by atoms with Gasteiger partial charge >= 0.3 is 12.2 Å². The molecule has 9 heteroatoms. The van der Waals surface area contributed by atoms with Gasteiger partial charge in [-0.2, -0.15) is 23.7 Å². The molecule has 0 unspecified atom stereocenters. The molecule has 2 amide bonds. The van der Waals surface area contributed by atoms with Gasteiger partial charge in [-0.05, 0) is 32.0 Å². The number of rotatable bonds is 4. The Labute approximate surface area is 142 Å². The van der Waals surface area contributed by atoms with Crippen molar-refractivity contribution in [1.82, 2.24) is 4.90 Å². The lowest BCUT2D eigenvalue weighted by Gasteiger charge is -2.35. The Morgan fingerprint density at radius 2 is 1.88 bits per heavy atom. The first kappa shape index (κ1) is 20.0. The molecule has 0 saturated carbocycles. The van der Waals surface area contributed by atoms with Crippen LogP contribution < -0.4 is 4.90 Å². The molecule has 0 N–H and O–H groups in total. The van der Waals surface area contributed by atoms with Gasteiger partial charge < -0.3 is 4.79 Å². The maximum Gasteiger partial charge on any atom is 0.417 e. The minimum absolute atomic E-state index is 0.124. The molecule has 6 nitrogen and oxygen atoms in total. The summed E-state index contributed by atoms with van der Waals surface area (Å²) < 4.78 is 39.1. The van der Waals surface area contributed by atoms with Gasteiger partial charge in [0.05, 0.1) is 28.8 Å². The van der Waals surface area contributed by atoms with Crippen LogP contribution in [0.5, 0.6) is 0 Å². The standard InChI is InChI=1S/C16H15F3N4O2/c1-15(2,10-24)23(7-6-20)14(25)22(3)12-5-4-11(9-21)13(8-12)16(17,18)19/h4-5,8,10H,7H2,1-3H3. The van der Waals surface area contributed by atoms with E-state index in [-0.39, 0.29) is 5.69 Å². The van der Waals surface area contributed by atoms with Crippen LogP contribution in [0.3, 0.4) is 0 Å². The van der Waals surface area contributed by atoms with Crippen LogP contribution >= 0.6 is 0 Å². The fourth-order valence-electron chi connectivity index (χ4n) is 2.02. The van der Waals surface area contributed by atoms with E-state index in [0.717, 1.165) is 15.9 Å². The summed E-state index contributed by atoms with van der Waals surface area (Å²) in [5.41, 5.74) is -3.19. The van der Waals surface area contributed by atoms with Crippen molar-refractivity contribution in [1.29, 1.82) is 10.5 Å². The zero-order valence-corrected chi connectivity index (χ0v) is 13.8. The van der Waals surface area contributed by atoms with Gasteiger partial charge in [0.25, 0.3) is 0 Å². The normalized spacial score (nSPS) is 11.2. The summed E-state index contributed by atoms with van der Waals surface area (Å²) in [6.45, 7) is 2.39. The number of carbonyl (C=O) groups excluding carboxylic acids is 2. The highest BCUT2D eigenvalue weighted by Crippen LogP contribution is 2.34. The topological polar surface area (TPSA) is 88.2 Å². The largest absolute Gasteiger partial charge is 0.417 e. The van der Waals surface area contributed by atoms with E-state index in [9.17, 15) is 22.8 Å². The average molecular weight is 352 g/mol. The van der Waals surface area contributed by atoms with E-state index in [0.29, 0.717) is 12.4 Å². The number of hydrogen-bond acceptors (Lipinski definition) is 4. The molecule has 1 aromatic rings. The quantitative estimate of drug-likeness (QED) is 0.616. The Hall–Kier alpha value is -3.07. The molecule has 0 aliphatic carbocycles. The summed E-state index contributed by atoms with van der Waals surface area (Å²) >= 11 is 0. The van der Waals surface area contributed by atoms with Crippen LogP contribution in [0.2, 0.25) is 0 Å². The van der Waals surface area contributed by atoms with Crippen LogP contribution in [0.25, 0.3) is 0 Å². The Morgan fingerprint density at radius 1 is 1.28 bits per heavy atom. The first-order valence-corrected chi connectivity index (χ1v) is 6.99. The third kappa shape index (κ3) is 4.27. The van der Waals surface area contributed by atoms with E-state index < -0.39 is 35.4 Å². The van der Waals surface area contributed by atoms with Gasteiger partial charge in [-0.1, -0.05) is 0 Å². The van der Waals surface area contributed by atoms with E-state index >= 15 is 0 Å². The summed E-state index contributed by atoms with van der Waals surface area (Å²) in [6, 6.07) is 5.19. The summed E-state index contributed by atoms with van der Waals surface area (Å²) in [5, 5.41) is 17.7. The van der Waals surface area contributed by atoms with Crippen molar-refractivity contribution in [2.24, 2.45) is 0 Å². The molecule has 1 aromatic carbocycles. The van der Waals surface area contributed by atoms with Crippen LogP contribution in [0, 0.1) is 22.7 Å². The molecule has 0 spiro atoms. The van der Waals surface area contributed by atoms with E-state index in [1.54, 1.807) is 6.07 Å². The number of halogens is 3. The monoisotopic (exact) mass is 352 g/mol. The average Bonchev–Trinajstić information content (AvgIpc) is 2.56. The highest BCUT2D eigenvalue weighted by molar-refractivity contribution is 5.94. The zero-order chi connectivity index (χ0) is 19.4. The van der Waals surface area contributed by atoms with Crippen molar-refractivity contribution in [2.75, 3.05) is 18.5 Å². The lowest BCUT2D eigenvalue weighted by atomic mass is 10.1. The number of nitrogens with zero attached hydrogens (tertiary/aromatic N) is 4. The molecule has 132 valence electrons. The first-order chi connectivity index (χ1) is 11.5. The van der Waals surface area contributed by atoms with Crippen molar-refractivity contribution in [3.8, 4) is 12.1 Å². The summed E-state index contributed by atoms with van der Waals surface area (Å²) in [6.07, 6.45) is -4.30. The Balaban J connectivity index is 3.33. The van der Waals surface area contributed by atoms with Crippen molar-refractivity contribution in [3.63, 3.8) is 0 Å². The van der Waals surface area contributed by atoms with Crippen LogP contribution in [0.1, 0.15) is 25.0 Å². The number of alkyl halides is 3. The first-order valence-electron chi connectivity index (χ1n) is 6.99. The van der Waals surface area contributed by atoms with E-state index in [4.69, 9.17) is 10.5 Å². The van der Waals surface area contributed by atoms with E-state index in [1.807, 2.05) is 0 Å². The van der Waals surface area contributed by atoms with Crippen LogP contribution in [0.4, 0.5) is 23.7 Å². The maximum absolute atomic E-state index is 13.0. The molecule has 1 rings (SSSR count). The minimum atomic E-state index is -4.76. The fourth-order valence-corrected chi connectivity index (χ4v) is 2.02. The molecular formula is C16H15F3N4O2. The Bertz CT molecular complexity index is 760. The van der Waals surface area contributed by atoms with Gasteiger partial charge in [0.2, 0.25) is 0 Å². The van der Waals surface area contributed by atoms with Crippen LogP contribution in [-0.4, -0.2) is 36.3 Å². The molecule has 25 heavy (non-hydrogen) atoms. The molecule has 0 heterocycles. The smallest absolute Gasteiger partial charge is 0.301 e. The molecule has 0 saturated heterocycles. The third-order valence-electron chi connectivity index (χ3n) is 3.55. The highest BCUT2D eigenvalue weighted by Gasteiger charge is 2.36. The number of benzene rings is 1. The van der Waals surface area contributed by atoms with Gasteiger partial charge in [-0.15, -0.1) is 0 Å². The molecule has 0 aliphatic rings. The third-order valence-corrected chi connectivity index (χ3v) is 3.55. The van der Waals surface area contributed by atoms with Gasteiger partial charge in [0, 0.05) is 12.7 Å². The predicted octanol–water partition coefficient (Wildman–Crippen LogP) is 2.94. The number of aldehydes is 1. The number of anilines is 1. The minimum Gasteiger partial charge on any atom is -0.301 e. The van der Waals surface area contributed by atoms with Crippen molar-refractivity contribution in [3.05, 3.63) is 29.3 Å². The molecule has 0 aliphatic heterocycles. The predicted molar refractivity (Wildman–Crippen MR) is 82.4 cm³/mol. The Kier molecular flexibility index (Phi) is 5.77. The van der Waals surface area contributed by atoms with Crippen LogP contribution in [0.15, 0.2) is 18.2 Å². The molecule has 0 aromatic heterocycles. The van der Waals surface area contributed by atoms with Crippen LogP contribution in [-0.2, 0) is 11.0 Å². The van der Waals surface area contributed by atoms with Gasteiger partial charge in [-0.25, -0.2) is 4.79 Å². The Morgan fingerprint density at radius 3 is 2.32 bits per heavy atom.